The summed E-state index contributed by atoms with van der Waals surface area (Å²) < 4.78 is 5.62. The molecule has 0 heterocycles. The van der Waals surface area contributed by atoms with Crippen molar-refractivity contribution in [2.24, 2.45) is 0 Å². The molecule has 0 aromatic heterocycles. The molecule has 0 radical (unpaired) electrons. The van der Waals surface area contributed by atoms with Gasteiger partial charge >= 0.3 is 0 Å². The third-order valence-electron chi connectivity index (χ3n) is 4.38. The highest BCUT2D eigenvalue weighted by atomic mass is 35.5. The lowest BCUT2D eigenvalue weighted by Crippen LogP contribution is -2.48. The molecule has 0 aliphatic rings. The number of carbonyl (C=O) groups is 2. The molecule has 2 aromatic rings. The molecule has 2 rings (SSSR count). The highest BCUT2D eigenvalue weighted by Crippen LogP contribution is 2.21. The molecular formula is C21H25ClN2O3. The second-order valence-corrected chi connectivity index (χ2v) is 6.90. The van der Waals surface area contributed by atoms with Crippen molar-refractivity contribution in [1.29, 1.82) is 0 Å². The fourth-order valence-corrected chi connectivity index (χ4v) is 2.73. The minimum atomic E-state index is -0.612. The van der Waals surface area contributed by atoms with Crippen LogP contribution in [0.15, 0.2) is 42.5 Å². The number of halogens is 1. The maximum absolute atomic E-state index is 12.8. The molecule has 6 heteroatoms. The lowest BCUT2D eigenvalue weighted by atomic mass is 10.1. The van der Waals surface area contributed by atoms with Crippen LogP contribution in [0.3, 0.4) is 0 Å². The minimum absolute atomic E-state index is 0.158. The Balaban J connectivity index is 2.12. The van der Waals surface area contributed by atoms with Gasteiger partial charge in [0, 0.05) is 18.6 Å². The van der Waals surface area contributed by atoms with E-state index in [4.69, 9.17) is 16.3 Å². The number of ether oxygens (including phenoxy) is 1. The van der Waals surface area contributed by atoms with Gasteiger partial charge in [-0.1, -0.05) is 41.4 Å². The smallest absolute Gasteiger partial charge is 0.261 e. The molecule has 1 N–H and O–H groups in total. The summed E-state index contributed by atoms with van der Waals surface area (Å²) in [5, 5.41) is 3.24. The standard InChI is InChI=1S/C21H25ClN2O3/c1-14-5-7-17(8-6-14)12-24(16(3)21(26)23-4)20(25)13-27-18-9-10-19(22)15(2)11-18/h5-11,16H,12-13H2,1-4H3,(H,23,26). The quantitative estimate of drug-likeness (QED) is 0.789. The van der Waals surface area contributed by atoms with Crippen molar-refractivity contribution < 1.29 is 14.3 Å². The van der Waals surface area contributed by atoms with Gasteiger partial charge in [-0.2, -0.15) is 0 Å². The summed E-state index contributed by atoms with van der Waals surface area (Å²) in [6, 6.07) is 12.5. The molecule has 0 saturated heterocycles. The zero-order valence-corrected chi connectivity index (χ0v) is 16.8. The third kappa shape index (κ3) is 5.73. The van der Waals surface area contributed by atoms with E-state index in [2.05, 4.69) is 5.32 Å². The summed E-state index contributed by atoms with van der Waals surface area (Å²) in [6.07, 6.45) is 0. The van der Waals surface area contributed by atoms with E-state index in [-0.39, 0.29) is 18.4 Å². The summed E-state index contributed by atoms with van der Waals surface area (Å²) in [5.74, 6) is 0.0743. The summed E-state index contributed by atoms with van der Waals surface area (Å²) in [7, 11) is 1.56. The summed E-state index contributed by atoms with van der Waals surface area (Å²) in [4.78, 5) is 26.4. The number of hydrogen-bond acceptors (Lipinski definition) is 3. The average molecular weight is 389 g/mol. The monoisotopic (exact) mass is 388 g/mol. The number of benzene rings is 2. The molecule has 1 atom stereocenters. The Labute approximate surface area is 165 Å². The Morgan fingerprint density at radius 3 is 2.41 bits per heavy atom. The zero-order chi connectivity index (χ0) is 20.0. The van der Waals surface area contributed by atoms with E-state index < -0.39 is 6.04 Å². The van der Waals surface area contributed by atoms with Crippen LogP contribution in [-0.2, 0) is 16.1 Å². The van der Waals surface area contributed by atoms with E-state index in [1.165, 1.54) is 4.90 Å². The van der Waals surface area contributed by atoms with Crippen molar-refractivity contribution in [3.8, 4) is 5.75 Å². The second kappa shape index (κ2) is 9.42. The van der Waals surface area contributed by atoms with Crippen molar-refractivity contribution in [3.63, 3.8) is 0 Å². The van der Waals surface area contributed by atoms with Gasteiger partial charge in [0.15, 0.2) is 6.61 Å². The summed E-state index contributed by atoms with van der Waals surface area (Å²) in [6.45, 7) is 5.75. The van der Waals surface area contributed by atoms with Gasteiger partial charge in [0.25, 0.3) is 5.91 Å². The van der Waals surface area contributed by atoms with Gasteiger partial charge in [-0.3, -0.25) is 9.59 Å². The molecule has 0 saturated carbocycles. The van der Waals surface area contributed by atoms with Gasteiger partial charge < -0.3 is 15.0 Å². The predicted molar refractivity (Wildman–Crippen MR) is 107 cm³/mol. The second-order valence-electron chi connectivity index (χ2n) is 6.50. The number of nitrogens with zero attached hydrogens (tertiary/aromatic N) is 1. The van der Waals surface area contributed by atoms with E-state index in [1.807, 2.05) is 38.1 Å². The Morgan fingerprint density at radius 1 is 1.15 bits per heavy atom. The Kier molecular flexibility index (Phi) is 7.25. The number of rotatable bonds is 7. The molecule has 2 amide bonds. The van der Waals surface area contributed by atoms with Crippen molar-refractivity contribution >= 4 is 23.4 Å². The largest absolute Gasteiger partial charge is 0.484 e. The first-order chi connectivity index (χ1) is 12.8. The average Bonchev–Trinajstić information content (AvgIpc) is 2.67. The van der Waals surface area contributed by atoms with Crippen LogP contribution in [-0.4, -0.2) is 36.4 Å². The van der Waals surface area contributed by atoms with Crippen molar-refractivity contribution in [2.75, 3.05) is 13.7 Å². The normalized spacial score (nSPS) is 11.6. The molecule has 1 unspecified atom stereocenters. The highest BCUT2D eigenvalue weighted by molar-refractivity contribution is 6.31. The van der Waals surface area contributed by atoms with Gasteiger partial charge in [-0.05, 0) is 50.1 Å². The molecule has 0 fully saturated rings. The van der Waals surface area contributed by atoms with Crippen molar-refractivity contribution in [1.82, 2.24) is 10.2 Å². The molecule has 144 valence electrons. The fourth-order valence-electron chi connectivity index (χ4n) is 2.62. The van der Waals surface area contributed by atoms with Gasteiger partial charge in [0.05, 0.1) is 0 Å². The Hall–Kier alpha value is -2.53. The van der Waals surface area contributed by atoms with E-state index in [0.29, 0.717) is 17.3 Å². The maximum Gasteiger partial charge on any atom is 0.261 e. The van der Waals surface area contributed by atoms with E-state index >= 15 is 0 Å². The van der Waals surface area contributed by atoms with Crippen molar-refractivity contribution in [3.05, 3.63) is 64.2 Å². The van der Waals surface area contributed by atoms with Crippen LogP contribution in [0.5, 0.6) is 5.75 Å². The number of nitrogens with one attached hydrogen (secondary N) is 1. The number of carbonyl (C=O) groups excluding carboxylic acids is 2. The lowest BCUT2D eigenvalue weighted by molar-refractivity contribution is -0.142. The van der Waals surface area contributed by atoms with Crippen LogP contribution in [0.25, 0.3) is 0 Å². The predicted octanol–water partition coefficient (Wildman–Crippen LogP) is 3.50. The molecule has 0 bridgehead atoms. The third-order valence-corrected chi connectivity index (χ3v) is 4.80. The fraction of sp³-hybridized carbons (Fsp3) is 0.333. The first-order valence-corrected chi connectivity index (χ1v) is 9.15. The van der Waals surface area contributed by atoms with E-state index in [9.17, 15) is 9.59 Å². The highest BCUT2D eigenvalue weighted by Gasteiger charge is 2.25. The molecular weight excluding hydrogens is 364 g/mol. The SMILES string of the molecule is CNC(=O)C(C)N(Cc1ccc(C)cc1)C(=O)COc1ccc(Cl)c(C)c1. The molecule has 0 aliphatic carbocycles. The zero-order valence-electron chi connectivity index (χ0n) is 16.1. The van der Waals surface area contributed by atoms with Crippen LogP contribution in [0.2, 0.25) is 5.02 Å². The van der Waals surface area contributed by atoms with E-state index in [1.54, 1.807) is 32.2 Å². The van der Waals surface area contributed by atoms with Crippen LogP contribution in [0.1, 0.15) is 23.6 Å². The minimum Gasteiger partial charge on any atom is -0.484 e. The Bertz CT molecular complexity index is 806. The first kappa shape index (κ1) is 20.8. The molecule has 0 aliphatic heterocycles. The van der Waals surface area contributed by atoms with Gasteiger partial charge in [0.2, 0.25) is 5.91 Å². The molecule has 5 nitrogen and oxygen atoms in total. The van der Waals surface area contributed by atoms with Gasteiger partial charge in [-0.25, -0.2) is 0 Å². The van der Waals surface area contributed by atoms with Gasteiger partial charge in [0.1, 0.15) is 11.8 Å². The lowest BCUT2D eigenvalue weighted by Gasteiger charge is -2.28. The molecule has 27 heavy (non-hydrogen) atoms. The number of likely N-dealkylation sites (N-methyl/N-ethyl adjacent to an activating group) is 1. The summed E-state index contributed by atoms with van der Waals surface area (Å²) in [5.41, 5.74) is 2.96. The van der Waals surface area contributed by atoms with E-state index in [0.717, 1.165) is 16.7 Å². The van der Waals surface area contributed by atoms with Crippen LogP contribution < -0.4 is 10.1 Å². The number of aryl methyl sites for hydroxylation is 2. The topological polar surface area (TPSA) is 58.6 Å². The molecule has 0 spiro atoms. The summed E-state index contributed by atoms with van der Waals surface area (Å²) >= 11 is 6.01. The first-order valence-electron chi connectivity index (χ1n) is 8.77. The van der Waals surface area contributed by atoms with Crippen LogP contribution in [0.4, 0.5) is 0 Å². The number of amides is 2. The van der Waals surface area contributed by atoms with Crippen LogP contribution in [0, 0.1) is 13.8 Å². The van der Waals surface area contributed by atoms with Crippen molar-refractivity contribution in [2.45, 2.75) is 33.4 Å². The van der Waals surface area contributed by atoms with Gasteiger partial charge in [-0.15, -0.1) is 0 Å². The Morgan fingerprint density at radius 2 is 1.81 bits per heavy atom. The molecule has 2 aromatic carbocycles. The maximum atomic E-state index is 12.8. The van der Waals surface area contributed by atoms with Crippen LogP contribution >= 0.6 is 11.6 Å². The number of hydrogen-bond donors (Lipinski definition) is 1.